The maximum absolute atomic E-state index is 10.6. The maximum atomic E-state index is 10.6. The van der Waals surface area contributed by atoms with Crippen LogP contribution in [0.15, 0.2) is 11.1 Å². The van der Waals surface area contributed by atoms with Crippen molar-refractivity contribution in [2.45, 2.75) is 47.0 Å². The van der Waals surface area contributed by atoms with E-state index in [4.69, 9.17) is 0 Å². The van der Waals surface area contributed by atoms with Crippen LogP contribution in [0.2, 0.25) is 0 Å². The molecule has 0 rings (SSSR count). The molecule has 0 aromatic heterocycles. The summed E-state index contributed by atoms with van der Waals surface area (Å²) in [5.74, 6) is 0.285. The summed E-state index contributed by atoms with van der Waals surface area (Å²) < 4.78 is 0. The lowest BCUT2D eigenvalue weighted by atomic mass is 10.0. The number of hydrogen-bond acceptors (Lipinski definition) is 1. The third-order valence-electron chi connectivity index (χ3n) is 2.11. The van der Waals surface area contributed by atoms with Crippen molar-refractivity contribution in [3.8, 4) is 0 Å². The van der Waals surface area contributed by atoms with Crippen molar-refractivity contribution in [1.82, 2.24) is 0 Å². The fourth-order valence-corrected chi connectivity index (χ4v) is 0.879. The Morgan fingerprint density at radius 2 is 1.55 bits per heavy atom. The van der Waals surface area contributed by atoms with Crippen molar-refractivity contribution in [3.63, 3.8) is 0 Å². The molecule has 0 atom stereocenters. The van der Waals surface area contributed by atoms with Crippen molar-refractivity contribution >= 4 is 5.78 Å². The van der Waals surface area contributed by atoms with Crippen LogP contribution in [-0.2, 0) is 4.79 Å². The summed E-state index contributed by atoms with van der Waals surface area (Å²) in [5, 5.41) is 0. The predicted octanol–water partition coefficient (Wildman–Crippen LogP) is 3.10. The van der Waals surface area contributed by atoms with Gasteiger partial charge in [-0.25, -0.2) is 0 Å². The molecule has 0 aliphatic rings. The fourth-order valence-electron chi connectivity index (χ4n) is 0.879. The van der Waals surface area contributed by atoms with Gasteiger partial charge in [0.05, 0.1) is 0 Å². The molecule has 0 aromatic rings. The van der Waals surface area contributed by atoms with Crippen LogP contribution in [0.5, 0.6) is 0 Å². The van der Waals surface area contributed by atoms with Gasteiger partial charge < -0.3 is 4.79 Å². The molecule has 0 heterocycles. The lowest BCUT2D eigenvalue weighted by Crippen LogP contribution is -1.91. The molecule has 0 aliphatic heterocycles. The highest BCUT2D eigenvalue weighted by Gasteiger charge is 1.97. The highest BCUT2D eigenvalue weighted by molar-refractivity contribution is 5.75. The van der Waals surface area contributed by atoms with E-state index in [2.05, 4.69) is 20.8 Å². The Hall–Kier alpha value is -0.590. The average molecular weight is 154 g/mol. The molecule has 0 saturated heterocycles. The largest absolute Gasteiger partial charge is 0.300 e. The monoisotopic (exact) mass is 154 g/mol. The molecule has 11 heavy (non-hydrogen) atoms. The first-order valence-electron chi connectivity index (χ1n) is 4.22. The molecule has 0 N–H and O–H groups in total. The maximum Gasteiger partial charge on any atom is 0.130 e. The summed E-state index contributed by atoms with van der Waals surface area (Å²) in [5.41, 5.74) is 2.80. The van der Waals surface area contributed by atoms with Crippen LogP contribution < -0.4 is 0 Å². The smallest absolute Gasteiger partial charge is 0.130 e. The number of rotatable bonds is 4. The number of carbonyl (C=O) groups excluding carboxylic acids is 1. The van der Waals surface area contributed by atoms with Gasteiger partial charge >= 0.3 is 0 Å². The van der Waals surface area contributed by atoms with E-state index in [-0.39, 0.29) is 5.78 Å². The summed E-state index contributed by atoms with van der Waals surface area (Å²) >= 11 is 0. The van der Waals surface area contributed by atoms with Crippen LogP contribution in [0, 0.1) is 0 Å². The second-order valence-electron chi connectivity index (χ2n) is 3.12. The summed E-state index contributed by atoms with van der Waals surface area (Å²) in [6.45, 7) is 8.04. The van der Waals surface area contributed by atoms with Gasteiger partial charge in [0.2, 0.25) is 0 Å². The molecule has 0 fully saturated rings. The van der Waals surface area contributed by atoms with Gasteiger partial charge in [-0.05, 0) is 33.6 Å². The molecule has 0 spiro atoms. The average Bonchev–Trinajstić information content (AvgIpc) is 1.98. The van der Waals surface area contributed by atoms with Gasteiger partial charge in [0.15, 0.2) is 0 Å². The van der Waals surface area contributed by atoms with E-state index in [0.717, 1.165) is 12.8 Å². The fraction of sp³-hybridized carbons (Fsp3) is 0.700. The molecule has 0 aliphatic carbocycles. The third-order valence-corrected chi connectivity index (χ3v) is 2.11. The highest BCUT2D eigenvalue weighted by atomic mass is 16.1. The van der Waals surface area contributed by atoms with Crippen molar-refractivity contribution in [3.05, 3.63) is 11.1 Å². The quantitative estimate of drug-likeness (QED) is 0.569. The normalized spacial score (nSPS) is 12.7. The van der Waals surface area contributed by atoms with E-state index >= 15 is 0 Å². The number of ketones is 1. The van der Waals surface area contributed by atoms with Crippen LogP contribution in [0.25, 0.3) is 0 Å². The minimum atomic E-state index is 0.285. The van der Waals surface area contributed by atoms with E-state index in [0.29, 0.717) is 6.42 Å². The Morgan fingerprint density at radius 1 is 1.00 bits per heavy atom. The molecule has 0 bridgehead atoms. The zero-order valence-corrected chi connectivity index (χ0v) is 8.03. The van der Waals surface area contributed by atoms with Gasteiger partial charge in [0.25, 0.3) is 0 Å². The standard InChI is InChI=1S/C10H18O/c1-5-8(2)9(3)6-7-10(4)11/h5-7H2,1-4H3. The first-order chi connectivity index (χ1) is 5.07. The molecule has 1 nitrogen and oxygen atoms in total. The minimum Gasteiger partial charge on any atom is -0.300 e. The lowest BCUT2D eigenvalue weighted by Gasteiger charge is -2.03. The van der Waals surface area contributed by atoms with Crippen molar-refractivity contribution in [1.29, 1.82) is 0 Å². The Morgan fingerprint density at radius 3 is 1.91 bits per heavy atom. The summed E-state index contributed by atoms with van der Waals surface area (Å²) in [4.78, 5) is 10.6. The number of hydrogen-bond donors (Lipinski definition) is 0. The zero-order valence-electron chi connectivity index (χ0n) is 8.03. The number of carbonyl (C=O) groups is 1. The molecular formula is C10H18O. The molecule has 64 valence electrons. The Bertz CT molecular complexity index is 166. The Kier molecular flexibility index (Phi) is 4.84. The summed E-state index contributed by atoms with van der Waals surface area (Å²) in [7, 11) is 0. The van der Waals surface area contributed by atoms with Crippen molar-refractivity contribution in [2.24, 2.45) is 0 Å². The molecular weight excluding hydrogens is 136 g/mol. The SMILES string of the molecule is CCC(C)=C(C)CCC(C)=O. The van der Waals surface area contributed by atoms with Gasteiger partial charge in [0.1, 0.15) is 5.78 Å². The van der Waals surface area contributed by atoms with Crippen LogP contribution in [0.1, 0.15) is 47.0 Å². The third kappa shape index (κ3) is 4.77. The van der Waals surface area contributed by atoms with E-state index in [1.165, 1.54) is 11.1 Å². The van der Waals surface area contributed by atoms with Crippen LogP contribution in [0.3, 0.4) is 0 Å². The van der Waals surface area contributed by atoms with Gasteiger partial charge in [0, 0.05) is 6.42 Å². The Labute approximate surface area is 69.5 Å². The molecule has 0 aromatic carbocycles. The van der Waals surface area contributed by atoms with Gasteiger partial charge in [-0.3, -0.25) is 0 Å². The molecule has 0 unspecified atom stereocenters. The van der Waals surface area contributed by atoms with E-state index < -0.39 is 0 Å². The summed E-state index contributed by atoms with van der Waals surface area (Å²) in [6.07, 6.45) is 2.74. The molecule has 0 saturated carbocycles. The minimum absolute atomic E-state index is 0.285. The second-order valence-corrected chi connectivity index (χ2v) is 3.12. The topological polar surface area (TPSA) is 17.1 Å². The molecule has 0 radical (unpaired) electrons. The molecule has 1 heteroatoms. The van der Waals surface area contributed by atoms with E-state index in [1.807, 2.05) is 0 Å². The Balaban J connectivity index is 3.85. The number of Topliss-reactive ketones (excluding diaryl/α,β-unsaturated/α-hetero) is 1. The first kappa shape index (κ1) is 10.4. The van der Waals surface area contributed by atoms with Crippen LogP contribution in [0.4, 0.5) is 0 Å². The lowest BCUT2D eigenvalue weighted by molar-refractivity contribution is -0.116. The van der Waals surface area contributed by atoms with E-state index in [9.17, 15) is 4.79 Å². The number of allylic oxidation sites excluding steroid dienone is 2. The van der Waals surface area contributed by atoms with Crippen LogP contribution in [-0.4, -0.2) is 5.78 Å². The van der Waals surface area contributed by atoms with Gasteiger partial charge in [-0.15, -0.1) is 0 Å². The van der Waals surface area contributed by atoms with Crippen LogP contribution >= 0.6 is 0 Å². The molecule has 0 amide bonds. The van der Waals surface area contributed by atoms with Crippen molar-refractivity contribution in [2.75, 3.05) is 0 Å². The predicted molar refractivity (Wildman–Crippen MR) is 48.6 cm³/mol. The first-order valence-corrected chi connectivity index (χ1v) is 4.22. The second kappa shape index (κ2) is 5.11. The highest BCUT2D eigenvalue weighted by Crippen LogP contribution is 2.12. The summed E-state index contributed by atoms with van der Waals surface area (Å²) in [6, 6.07) is 0. The zero-order chi connectivity index (χ0) is 8.85. The van der Waals surface area contributed by atoms with E-state index in [1.54, 1.807) is 6.92 Å². The van der Waals surface area contributed by atoms with Gasteiger partial charge in [-0.2, -0.15) is 0 Å². The van der Waals surface area contributed by atoms with Crippen molar-refractivity contribution < 1.29 is 4.79 Å². The van der Waals surface area contributed by atoms with Gasteiger partial charge in [-0.1, -0.05) is 18.1 Å².